The van der Waals surface area contributed by atoms with Crippen LogP contribution < -0.4 is 16.2 Å². The van der Waals surface area contributed by atoms with Gasteiger partial charge in [0.15, 0.2) is 0 Å². The molecule has 0 atom stereocenters. The van der Waals surface area contributed by atoms with Crippen molar-refractivity contribution in [2.24, 2.45) is 5.73 Å². The van der Waals surface area contributed by atoms with Crippen molar-refractivity contribution in [3.63, 3.8) is 0 Å². The average Bonchev–Trinajstić information content (AvgIpc) is 2.33. The third-order valence-electron chi connectivity index (χ3n) is 3.08. The quantitative estimate of drug-likeness (QED) is 0.706. The molecule has 0 aromatic carbocycles. The molecule has 1 saturated heterocycles. The number of hydrogen-bond acceptors (Lipinski definition) is 5. The van der Waals surface area contributed by atoms with E-state index >= 15 is 0 Å². The molecule has 94 valence electrons. The summed E-state index contributed by atoms with van der Waals surface area (Å²) in [5, 5.41) is 0. The molecule has 1 aromatic heterocycles. The van der Waals surface area contributed by atoms with Crippen LogP contribution in [-0.2, 0) is 6.42 Å². The first-order valence-electron chi connectivity index (χ1n) is 5.92. The Bertz CT molecular complexity index is 422. The van der Waals surface area contributed by atoms with Crippen molar-refractivity contribution < 1.29 is 0 Å². The maximum Gasteiger partial charge on any atom is 0.255 e. The van der Waals surface area contributed by atoms with Crippen molar-refractivity contribution >= 4 is 5.95 Å². The molecule has 0 unspecified atom stereocenters. The number of H-pyrrole nitrogens is 1. The third kappa shape index (κ3) is 2.83. The molecule has 17 heavy (non-hydrogen) atoms. The number of aromatic amines is 1. The van der Waals surface area contributed by atoms with E-state index in [0.717, 1.165) is 26.2 Å². The van der Waals surface area contributed by atoms with Gasteiger partial charge in [0.25, 0.3) is 5.56 Å². The standard InChI is InChI=1S/C11H19N5O/c1-15-4-6-16(7-5-15)11-13-8-9(2-3-12)10(17)14-11/h8H,2-7,12H2,1H3,(H,13,14,17). The summed E-state index contributed by atoms with van der Waals surface area (Å²) < 4.78 is 0. The first-order chi connectivity index (χ1) is 8.20. The molecule has 1 aromatic rings. The van der Waals surface area contributed by atoms with E-state index in [0.29, 0.717) is 24.5 Å². The molecule has 6 nitrogen and oxygen atoms in total. The first-order valence-corrected chi connectivity index (χ1v) is 5.92. The zero-order chi connectivity index (χ0) is 12.3. The summed E-state index contributed by atoms with van der Waals surface area (Å²) in [7, 11) is 2.10. The van der Waals surface area contributed by atoms with E-state index in [1.807, 2.05) is 0 Å². The molecule has 2 heterocycles. The Labute approximate surface area is 100 Å². The van der Waals surface area contributed by atoms with Crippen molar-refractivity contribution in [1.82, 2.24) is 14.9 Å². The van der Waals surface area contributed by atoms with Gasteiger partial charge in [-0.3, -0.25) is 9.78 Å². The Kier molecular flexibility index (Phi) is 3.75. The van der Waals surface area contributed by atoms with Crippen LogP contribution in [0.4, 0.5) is 5.95 Å². The zero-order valence-corrected chi connectivity index (χ0v) is 10.1. The van der Waals surface area contributed by atoms with Gasteiger partial charge in [0, 0.05) is 37.9 Å². The highest BCUT2D eigenvalue weighted by Crippen LogP contribution is 2.08. The molecule has 1 aliphatic rings. The van der Waals surface area contributed by atoms with Gasteiger partial charge in [-0.25, -0.2) is 4.98 Å². The van der Waals surface area contributed by atoms with E-state index in [9.17, 15) is 4.79 Å². The normalized spacial score (nSPS) is 17.4. The van der Waals surface area contributed by atoms with Crippen LogP contribution in [0.2, 0.25) is 0 Å². The van der Waals surface area contributed by atoms with Crippen molar-refractivity contribution in [2.45, 2.75) is 6.42 Å². The van der Waals surface area contributed by atoms with Gasteiger partial charge in [0.05, 0.1) is 0 Å². The second kappa shape index (κ2) is 5.29. The number of anilines is 1. The molecule has 2 rings (SSSR count). The number of aromatic nitrogens is 2. The predicted molar refractivity (Wildman–Crippen MR) is 67.3 cm³/mol. The third-order valence-corrected chi connectivity index (χ3v) is 3.08. The number of nitrogens with two attached hydrogens (primary N) is 1. The maximum absolute atomic E-state index is 11.7. The van der Waals surface area contributed by atoms with Crippen LogP contribution in [0.5, 0.6) is 0 Å². The lowest BCUT2D eigenvalue weighted by atomic mass is 10.2. The maximum atomic E-state index is 11.7. The van der Waals surface area contributed by atoms with Crippen LogP contribution in [-0.4, -0.2) is 54.6 Å². The van der Waals surface area contributed by atoms with Crippen LogP contribution in [0.1, 0.15) is 5.56 Å². The average molecular weight is 237 g/mol. The second-order valence-corrected chi connectivity index (χ2v) is 4.39. The number of rotatable bonds is 3. The molecular formula is C11H19N5O. The highest BCUT2D eigenvalue weighted by molar-refractivity contribution is 5.30. The van der Waals surface area contributed by atoms with Gasteiger partial charge < -0.3 is 15.5 Å². The van der Waals surface area contributed by atoms with E-state index in [1.165, 1.54) is 0 Å². The summed E-state index contributed by atoms with van der Waals surface area (Å²) in [6, 6.07) is 0. The number of nitrogens with one attached hydrogen (secondary N) is 1. The van der Waals surface area contributed by atoms with Gasteiger partial charge in [-0.1, -0.05) is 0 Å². The molecule has 1 fully saturated rings. The van der Waals surface area contributed by atoms with E-state index in [2.05, 4.69) is 26.8 Å². The molecule has 6 heteroatoms. The topological polar surface area (TPSA) is 78.2 Å². The highest BCUT2D eigenvalue weighted by atomic mass is 16.1. The Morgan fingerprint density at radius 2 is 2.12 bits per heavy atom. The summed E-state index contributed by atoms with van der Waals surface area (Å²) in [4.78, 5) is 23.2. The van der Waals surface area contributed by atoms with Crippen molar-refractivity contribution in [3.05, 3.63) is 22.1 Å². The van der Waals surface area contributed by atoms with Crippen LogP contribution in [0.25, 0.3) is 0 Å². The van der Waals surface area contributed by atoms with Crippen LogP contribution in [0.15, 0.2) is 11.0 Å². The molecule has 0 saturated carbocycles. The number of nitrogens with zero attached hydrogens (tertiary/aromatic N) is 3. The van der Waals surface area contributed by atoms with Crippen LogP contribution >= 0.6 is 0 Å². The molecular weight excluding hydrogens is 218 g/mol. The van der Waals surface area contributed by atoms with E-state index in [1.54, 1.807) is 6.20 Å². The van der Waals surface area contributed by atoms with Crippen LogP contribution in [0, 0.1) is 0 Å². The summed E-state index contributed by atoms with van der Waals surface area (Å²) in [5.74, 6) is 0.670. The highest BCUT2D eigenvalue weighted by Gasteiger charge is 2.16. The molecule has 0 aliphatic carbocycles. The minimum absolute atomic E-state index is 0.0700. The number of hydrogen-bond donors (Lipinski definition) is 2. The van der Waals surface area contributed by atoms with Gasteiger partial charge in [-0.05, 0) is 20.0 Å². The Morgan fingerprint density at radius 1 is 1.41 bits per heavy atom. The lowest BCUT2D eigenvalue weighted by molar-refractivity contribution is 0.311. The SMILES string of the molecule is CN1CCN(c2ncc(CCN)c(=O)[nH]2)CC1. The van der Waals surface area contributed by atoms with Crippen molar-refractivity contribution in [1.29, 1.82) is 0 Å². The van der Waals surface area contributed by atoms with E-state index < -0.39 is 0 Å². The molecule has 0 amide bonds. The number of piperazine rings is 1. The summed E-state index contributed by atoms with van der Waals surface area (Å²) in [6.45, 7) is 4.26. The van der Waals surface area contributed by atoms with E-state index in [4.69, 9.17) is 5.73 Å². The molecule has 0 bridgehead atoms. The van der Waals surface area contributed by atoms with E-state index in [-0.39, 0.29) is 5.56 Å². The Balaban J connectivity index is 2.12. The predicted octanol–water partition coefficient (Wildman–Crippen LogP) is -0.977. The zero-order valence-electron chi connectivity index (χ0n) is 10.1. The largest absolute Gasteiger partial charge is 0.340 e. The van der Waals surface area contributed by atoms with Gasteiger partial charge in [0.2, 0.25) is 5.95 Å². The van der Waals surface area contributed by atoms with Gasteiger partial charge in [-0.2, -0.15) is 0 Å². The van der Waals surface area contributed by atoms with Gasteiger partial charge in [-0.15, -0.1) is 0 Å². The van der Waals surface area contributed by atoms with Crippen LogP contribution in [0.3, 0.4) is 0 Å². The first kappa shape index (κ1) is 12.1. The fourth-order valence-corrected chi connectivity index (χ4v) is 1.92. The summed E-state index contributed by atoms with van der Waals surface area (Å²) in [5.41, 5.74) is 6.02. The molecule has 1 aliphatic heterocycles. The minimum atomic E-state index is -0.0700. The van der Waals surface area contributed by atoms with Gasteiger partial charge >= 0.3 is 0 Å². The van der Waals surface area contributed by atoms with Crippen molar-refractivity contribution in [2.75, 3.05) is 44.7 Å². The molecule has 3 N–H and O–H groups in total. The molecule has 0 spiro atoms. The monoisotopic (exact) mass is 237 g/mol. The smallest absolute Gasteiger partial charge is 0.255 e. The fraction of sp³-hybridized carbons (Fsp3) is 0.636. The number of likely N-dealkylation sites (N-methyl/N-ethyl adjacent to an activating group) is 1. The Morgan fingerprint density at radius 3 is 2.71 bits per heavy atom. The summed E-state index contributed by atoms with van der Waals surface area (Å²) in [6.07, 6.45) is 2.21. The molecule has 0 radical (unpaired) electrons. The Hall–Kier alpha value is -1.40. The fourth-order valence-electron chi connectivity index (χ4n) is 1.92. The van der Waals surface area contributed by atoms with Gasteiger partial charge in [0.1, 0.15) is 0 Å². The summed E-state index contributed by atoms with van der Waals surface area (Å²) >= 11 is 0. The second-order valence-electron chi connectivity index (χ2n) is 4.39. The lowest BCUT2D eigenvalue weighted by Crippen LogP contribution is -2.45. The van der Waals surface area contributed by atoms with Crippen molar-refractivity contribution in [3.8, 4) is 0 Å². The minimum Gasteiger partial charge on any atom is -0.340 e. The lowest BCUT2D eigenvalue weighted by Gasteiger charge is -2.32.